The molecule has 0 radical (unpaired) electrons. The summed E-state index contributed by atoms with van der Waals surface area (Å²) in [7, 11) is 0. The van der Waals surface area contributed by atoms with Gasteiger partial charge in [-0.05, 0) is 32.6 Å². The summed E-state index contributed by atoms with van der Waals surface area (Å²) in [6.45, 7) is 9.53. The van der Waals surface area contributed by atoms with Gasteiger partial charge in [0, 0.05) is 18.3 Å². The minimum absolute atomic E-state index is 0.149. The van der Waals surface area contributed by atoms with Crippen molar-refractivity contribution >= 4 is 17.7 Å². The highest BCUT2D eigenvalue weighted by Gasteiger charge is 2.17. The first kappa shape index (κ1) is 18.4. The summed E-state index contributed by atoms with van der Waals surface area (Å²) in [6, 6.07) is 0.379. The maximum atomic E-state index is 12.3. The Kier molecular flexibility index (Phi) is 7.00. The van der Waals surface area contributed by atoms with Crippen LogP contribution in [0, 0.1) is 19.8 Å². The number of aryl methyl sites for hydroxylation is 1. The van der Waals surface area contributed by atoms with Gasteiger partial charge in [0.15, 0.2) is 5.16 Å². The fraction of sp³-hybridized carbons (Fsp3) is 0.778. The lowest BCUT2D eigenvalue weighted by atomic mass is 10.1. The summed E-state index contributed by atoms with van der Waals surface area (Å²) in [5.41, 5.74) is 2.28. The van der Waals surface area contributed by atoms with E-state index in [9.17, 15) is 4.79 Å². The van der Waals surface area contributed by atoms with Crippen LogP contribution in [0.2, 0.25) is 0 Å². The predicted octanol–water partition coefficient (Wildman–Crippen LogP) is 4.09. The number of carbonyl (C=O) groups excluding carboxylic acids is 1. The predicted molar refractivity (Wildman–Crippen MR) is 96.9 cm³/mol. The zero-order chi connectivity index (χ0) is 16.8. The molecule has 0 spiro atoms. The molecule has 0 bridgehead atoms. The van der Waals surface area contributed by atoms with Crippen LogP contribution in [0.4, 0.5) is 0 Å². The van der Waals surface area contributed by atoms with Crippen molar-refractivity contribution in [2.45, 2.75) is 84.0 Å². The molecule has 1 amide bonds. The summed E-state index contributed by atoms with van der Waals surface area (Å²) in [4.78, 5) is 16.9. The molecule has 1 heterocycles. The molecule has 0 saturated heterocycles. The molecule has 1 aromatic heterocycles. The molecule has 23 heavy (non-hydrogen) atoms. The second kappa shape index (κ2) is 8.76. The molecule has 2 rings (SSSR count). The molecule has 0 atom stereocenters. The van der Waals surface area contributed by atoms with E-state index in [0.717, 1.165) is 30.2 Å². The molecule has 0 aliphatic heterocycles. The number of amides is 1. The van der Waals surface area contributed by atoms with Crippen molar-refractivity contribution in [2.24, 2.45) is 5.92 Å². The summed E-state index contributed by atoms with van der Waals surface area (Å²) in [5, 5.41) is 4.19. The summed E-state index contributed by atoms with van der Waals surface area (Å²) < 4.78 is 2.25. The number of hydrogen-bond donors (Lipinski definition) is 1. The highest BCUT2D eigenvalue weighted by molar-refractivity contribution is 7.99. The highest BCUT2D eigenvalue weighted by atomic mass is 32.2. The lowest BCUT2D eigenvalue weighted by Gasteiger charge is -2.16. The van der Waals surface area contributed by atoms with Crippen LogP contribution in [0.3, 0.4) is 0 Å². The maximum absolute atomic E-state index is 12.3. The Labute approximate surface area is 144 Å². The molecule has 0 aromatic carbocycles. The normalized spacial score (nSPS) is 16.6. The van der Waals surface area contributed by atoms with E-state index >= 15 is 0 Å². The zero-order valence-electron chi connectivity index (χ0n) is 15.0. The molecule has 1 N–H and O–H groups in total. The summed E-state index contributed by atoms with van der Waals surface area (Å²) in [5.74, 6) is 1.18. The second-order valence-corrected chi connectivity index (χ2v) is 8.06. The van der Waals surface area contributed by atoms with Gasteiger partial charge in [0.2, 0.25) is 5.91 Å². The van der Waals surface area contributed by atoms with Crippen molar-refractivity contribution in [3.63, 3.8) is 0 Å². The third kappa shape index (κ3) is 5.55. The molecular weight excluding hydrogens is 306 g/mol. The fourth-order valence-corrected chi connectivity index (χ4v) is 4.05. The van der Waals surface area contributed by atoms with E-state index in [2.05, 4.69) is 35.6 Å². The van der Waals surface area contributed by atoms with E-state index in [4.69, 9.17) is 0 Å². The lowest BCUT2D eigenvalue weighted by Crippen LogP contribution is -2.35. The van der Waals surface area contributed by atoms with Gasteiger partial charge in [0.25, 0.3) is 0 Å². The third-order valence-corrected chi connectivity index (χ3v) is 5.50. The lowest BCUT2D eigenvalue weighted by molar-refractivity contribution is -0.119. The Balaban J connectivity index is 1.89. The van der Waals surface area contributed by atoms with Crippen molar-refractivity contribution in [3.8, 4) is 0 Å². The molecule has 1 aliphatic rings. The summed E-state index contributed by atoms with van der Waals surface area (Å²) in [6.07, 6.45) is 7.39. The van der Waals surface area contributed by atoms with Crippen LogP contribution in [-0.4, -0.2) is 27.3 Å². The van der Waals surface area contributed by atoms with E-state index in [1.54, 1.807) is 11.8 Å². The number of nitrogens with one attached hydrogen (secondary N) is 1. The van der Waals surface area contributed by atoms with Crippen LogP contribution in [0.5, 0.6) is 0 Å². The minimum Gasteiger partial charge on any atom is -0.353 e. The minimum atomic E-state index is 0.149. The number of carbonyl (C=O) groups is 1. The Morgan fingerprint density at radius 3 is 2.52 bits per heavy atom. The average Bonchev–Trinajstić information content (AvgIpc) is 2.70. The third-order valence-electron chi connectivity index (χ3n) is 4.52. The largest absolute Gasteiger partial charge is 0.353 e. The van der Waals surface area contributed by atoms with Crippen LogP contribution in [-0.2, 0) is 11.3 Å². The van der Waals surface area contributed by atoms with Crippen LogP contribution in [0.1, 0.15) is 63.8 Å². The van der Waals surface area contributed by atoms with Crippen molar-refractivity contribution in [2.75, 3.05) is 5.75 Å². The first-order chi connectivity index (χ1) is 11.0. The maximum Gasteiger partial charge on any atom is 0.230 e. The smallest absolute Gasteiger partial charge is 0.230 e. The van der Waals surface area contributed by atoms with Crippen LogP contribution in [0.15, 0.2) is 5.16 Å². The van der Waals surface area contributed by atoms with E-state index in [1.807, 2.05) is 6.92 Å². The van der Waals surface area contributed by atoms with Crippen LogP contribution in [0.25, 0.3) is 0 Å². The molecule has 1 saturated carbocycles. The van der Waals surface area contributed by atoms with Crippen molar-refractivity contribution < 1.29 is 4.79 Å². The summed E-state index contributed by atoms with van der Waals surface area (Å²) >= 11 is 1.57. The van der Waals surface area contributed by atoms with Gasteiger partial charge in [0.05, 0.1) is 11.4 Å². The SMILES string of the molecule is Cc1nc(SCC(=O)NC2CCCCCC2)n(CC(C)C)c1C. The van der Waals surface area contributed by atoms with Crippen molar-refractivity contribution in [1.29, 1.82) is 0 Å². The molecule has 1 aromatic rings. The van der Waals surface area contributed by atoms with Gasteiger partial charge < -0.3 is 9.88 Å². The number of aromatic nitrogens is 2. The van der Waals surface area contributed by atoms with Gasteiger partial charge in [-0.1, -0.05) is 51.3 Å². The van der Waals surface area contributed by atoms with Crippen molar-refractivity contribution in [3.05, 3.63) is 11.4 Å². The Morgan fingerprint density at radius 1 is 1.26 bits per heavy atom. The number of thioether (sulfide) groups is 1. The van der Waals surface area contributed by atoms with Gasteiger partial charge in [0.1, 0.15) is 0 Å². The molecule has 1 aliphatic carbocycles. The van der Waals surface area contributed by atoms with Crippen LogP contribution >= 0.6 is 11.8 Å². The monoisotopic (exact) mass is 337 g/mol. The van der Waals surface area contributed by atoms with Gasteiger partial charge in [-0.15, -0.1) is 0 Å². The number of nitrogens with zero attached hydrogens (tertiary/aromatic N) is 2. The van der Waals surface area contributed by atoms with Gasteiger partial charge in [-0.2, -0.15) is 0 Å². The number of rotatable bonds is 6. The Morgan fingerprint density at radius 2 is 1.91 bits per heavy atom. The molecule has 130 valence electrons. The standard InChI is InChI=1S/C18H31N3OS/c1-13(2)11-21-15(4)14(3)19-18(21)23-12-17(22)20-16-9-7-5-6-8-10-16/h13,16H,5-12H2,1-4H3,(H,20,22). The molecule has 4 nitrogen and oxygen atoms in total. The Hall–Kier alpha value is -0.970. The molecule has 1 fully saturated rings. The van der Waals surface area contributed by atoms with Crippen molar-refractivity contribution in [1.82, 2.24) is 14.9 Å². The quantitative estimate of drug-likeness (QED) is 0.628. The topological polar surface area (TPSA) is 46.9 Å². The first-order valence-electron chi connectivity index (χ1n) is 8.93. The van der Waals surface area contributed by atoms with E-state index in [1.165, 1.54) is 31.4 Å². The number of hydrogen-bond acceptors (Lipinski definition) is 3. The van der Waals surface area contributed by atoms with E-state index in [-0.39, 0.29) is 5.91 Å². The molecular formula is C18H31N3OS. The molecule has 5 heteroatoms. The molecule has 0 unspecified atom stereocenters. The average molecular weight is 338 g/mol. The first-order valence-corrected chi connectivity index (χ1v) is 9.91. The second-order valence-electron chi connectivity index (χ2n) is 7.11. The van der Waals surface area contributed by atoms with E-state index in [0.29, 0.717) is 17.7 Å². The highest BCUT2D eigenvalue weighted by Crippen LogP contribution is 2.23. The zero-order valence-corrected chi connectivity index (χ0v) is 15.8. The van der Waals surface area contributed by atoms with Gasteiger partial charge in [-0.25, -0.2) is 4.98 Å². The fourth-order valence-electron chi connectivity index (χ4n) is 3.14. The van der Waals surface area contributed by atoms with Gasteiger partial charge >= 0.3 is 0 Å². The van der Waals surface area contributed by atoms with E-state index < -0.39 is 0 Å². The van der Waals surface area contributed by atoms with Gasteiger partial charge in [-0.3, -0.25) is 4.79 Å². The van der Waals surface area contributed by atoms with Crippen LogP contribution < -0.4 is 5.32 Å². The Bertz CT molecular complexity index is 517. The number of imidazole rings is 1.